The highest BCUT2D eigenvalue weighted by atomic mass is 19.3. The minimum absolute atomic E-state index is 0.0428. The predicted molar refractivity (Wildman–Crippen MR) is 84.0 cm³/mol. The maximum absolute atomic E-state index is 13.2. The van der Waals surface area contributed by atoms with E-state index >= 15 is 0 Å². The molecule has 2 aromatic rings. The van der Waals surface area contributed by atoms with Gasteiger partial charge < -0.3 is 14.8 Å². The number of hydrogen-bond donors (Lipinski definition) is 1. The van der Waals surface area contributed by atoms with Crippen LogP contribution in [0.1, 0.15) is 5.56 Å². The van der Waals surface area contributed by atoms with Gasteiger partial charge in [-0.15, -0.1) is 8.78 Å². The number of amides is 1. The quantitative estimate of drug-likeness (QED) is 0.898. The largest absolute Gasteiger partial charge is 0.586 e. The van der Waals surface area contributed by atoms with Crippen molar-refractivity contribution in [2.24, 2.45) is 0 Å². The number of carbonyl (C=O) groups is 1. The van der Waals surface area contributed by atoms with Gasteiger partial charge >= 0.3 is 6.29 Å². The average Bonchev–Trinajstić information content (AvgIpc) is 2.80. The molecule has 1 N–H and O–H groups in total. The van der Waals surface area contributed by atoms with Crippen LogP contribution in [0.15, 0.2) is 42.5 Å². The summed E-state index contributed by atoms with van der Waals surface area (Å²) in [6.07, 6.45) is -3.70. The average molecular weight is 352 g/mol. The van der Waals surface area contributed by atoms with Gasteiger partial charge in [0.25, 0.3) is 0 Å². The van der Waals surface area contributed by atoms with Gasteiger partial charge in [-0.1, -0.05) is 12.1 Å². The highest BCUT2D eigenvalue weighted by Gasteiger charge is 2.43. The van der Waals surface area contributed by atoms with Gasteiger partial charge in [-0.3, -0.25) is 9.69 Å². The zero-order chi connectivity index (χ0) is 18.0. The molecule has 1 heterocycles. The van der Waals surface area contributed by atoms with Gasteiger partial charge in [-0.25, -0.2) is 4.39 Å². The van der Waals surface area contributed by atoms with Gasteiger partial charge in [0.2, 0.25) is 5.91 Å². The fourth-order valence-corrected chi connectivity index (χ4v) is 2.48. The Bertz CT molecular complexity index is 798. The number of carbonyl (C=O) groups excluding carboxylic acids is 1. The molecule has 0 aromatic heterocycles. The van der Waals surface area contributed by atoms with Gasteiger partial charge in [0.05, 0.1) is 6.54 Å². The molecule has 0 aliphatic carbocycles. The van der Waals surface area contributed by atoms with Crippen LogP contribution in [0.5, 0.6) is 11.5 Å². The standard InChI is InChI=1S/C17H15F3N2O3/c1-22(9-11-3-2-4-12(18)7-11)10-16(23)21-13-5-6-14-15(8-13)25-17(19,20)24-14/h2-8H,9-10H2,1H3,(H,21,23). The van der Waals surface area contributed by atoms with Crippen LogP contribution in [0.25, 0.3) is 0 Å². The number of benzene rings is 2. The number of halogens is 3. The van der Waals surface area contributed by atoms with Gasteiger partial charge in [-0.2, -0.15) is 0 Å². The summed E-state index contributed by atoms with van der Waals surface area (Å²) in [5.41, 5.74) is 1.05. The SMILES string of the molecule is CN(CC(=O)Nc1ccc2c(c1)OC(F)(F)O2)Cc1cccc(F)c1. The molecule has 0 saturated heterocycles. The molecule has 0 spiro atoms. The van der Waals surface area contributed by atoms with Crippen molar-refractivity contribution in [1.82, 2.24) is 4.90 Å². The maximum atomic E-state index is 13.2. The number of likely N-dealkylation sites (N-methyl/N-ethyl adjacent to an activating group) is 1. The number of rotatable bonds is 5. The van der Waals surface area contributed by atoms with E-state index in [0.29, 0.717) is 12.2 Å². The number of alkyl halides is 2. The highest BCUT2D eigenvalue weighted by Crippen LogP contribution is 2.42. The lowest BCUT2D eigenvalue weighted by atomic mass is 10.2. The first-order valence-electron chi connectivity index (χ1n) is 7.43. The Balaban J connectivity index is 1.56. The van der Waals surface area contributed by atoms with Crippen molar-refractivity contribution in [3.05, 3.63) is 53.8 Å². The molecule has 25 heavy (non-hydrogen) atoms. The summed E-state index contributed by atoms with van der Waals surface area (Å²) < 4.78 is 47.7. The minimum Gasteiger partial charge on any atom is -0.395 e. The Hall–Kier alpha value is -2.74. The molecule has 132 valence electrons. The second-order valence-electron chi connectivity index (χ2n) is 5.68. The van der Waals surface area contributed by atoms with Crippen molar-refractivity contribution >= 4 is 11.6 Å². The van der Waals surface area contributed by atoms with Gasteiger partial charge in [-0.05, 0) is 36.9 Å². The molecule has 2 aromatic carbocycles. The summed E-state index contributed by atoms with van der Waals surface area (Å²) in [4.78, 5) is 13.8. The first-order chi connectivity index (χ1) is 11.8. The molecular weight excluding hydrogens is 337 g/mol. The molecule has 0 bridgehead atoms. The van der Waals surface area contributed by atoms with Crippen LogP contribution in [0.3, 0.4) is 0 Å². The van der Waals surface area contributed by atoms with E-state index in [-0.39, 0.29) is 29.8 Å². The lowest BCUT2D eigenvalue weighted by Crippen LogP contribution is -2.29. The molecule has 3 rings (SSSR count). The van der Waals surface area contributed by atoms with E-state index in [9.17, 15) is 18.0 Å². The third-order valence-electron chi connectivity index (χ3n) is 3.44. The normalized spacial score (nSPS) is 14.6. The summed E-state index contributed by atoms with van der Waals surface area (Å²) in [6.45, 7) is 0.430. The van der Waals surface area contributed by atoms with Crippen LogP contribution in [0, 0.1) is 5.82 Å². The molecule has 5 nitrogen and oxygen atoms in total. The van der Waals surface area contributed by atoms with Crippen molar-refractivity contribution in [3.63, 3.8) is 0 Å². The lowest BCUT2D eigenvalue weighted by molar-refractivity contribution is -0.286. The molecule has 1 aliphatic rings. The summed E-state index contributed by atoms with van der Waals surface area (Å²) >= 11 is 0. The third-order valence-corrected chi connectivity index (χ3v) is 3.44. The first-order valence-corrected chi connectivity index (χ1v) is 7.43. The van der Waals surface area contributed by atoms with E-state index in [1.54, 1.807) is 24.1 Å². The fourth-order valence-electron chi connectivity index (χ4n) is 2.48. The molecule has 8 heteroatoms. The van der Waals surface area contributed by atoms with Gasteiger partial charge in [0.15, 0.2) is 11.5 Å². The molecule has 0 atom stereocenters. The Morgan fingerprint density at radius 3 is 2.68 bits per heavy atom. The monoisotopic (exact) mass is 352 g/mol. The summed E-state index contributed by atoms with van der Waals surface area (Å²) in [7, 11) is 1.71. The topological polar surface area (TPSA) is 50.8 Å². The molecule has 1 amide bonds. The van der Waals surface area contributed by atoms with Crippen molar-refractivity contribution in [1.29, 1.82) is 0 Å². The number of fused-ring (bicyclic) bond motifs is 1. The first kappa shape index (κ1) is 17.1. The van der Waals surface area contributed by atoms with Crippen LogP contribution in [0.4, 0.5) is 18.9 Å². The van der Waals surface area contributed by atoms with Crippen molar-refractivity contribution in [2.75, 3.05) is 18.9 Å². The highest BCUT2D eigenvalue weighted by molar-refractivity contribution is 5.92. The molecule has 0 saturated carbocycles. The van der Waals surface area contributed by atoms with Crippen molar-refractivity contribution < 1.29 is 27.4 Å². The molecular formula is C17H15F3N2O3. The third kappa shape index (κ3) is 4.42. The van der Waals surface area contributed by atoms with Gasteiger partial charge in [0, 0.05) is 18.3 Å². The van der Waals surface area contributed by atoms with Crippen molar-refractivity contribution in [3.8, 4) is 11.5 Å². The second kappa shape index (κ2) is 6.64. The fraction of sp³-hybridized carbons (Fsp3) is 0.235. The second-order valence-corrected chi connectivity index (χ2v) is 5.68. The lowest BCUT2D eigenvalue weighted by Gasteiger charge is -2.16. The zero-order valence-electron chi connectivity index (χ0n) is 13.3. The van der Waals surface area contributed by atoms with E-state index < -0.39 is 6.29 Å². The zero-order valence-corrected chi connectivity index (χ0v) is 13.3. The Labute approximate surface area is 142 Å². The summed E-state index contributed by atoms with van der Waals surface area (Å²) in [5.74, 6) is -0.917. The van der Waals surface area contributed by atoms with Gasteiger partial charge in [0.1, 0.15) is 5.82 Å². The van der Waals surface area contributed by atoms with E-state index in [0.717, 1.165) is 5.56 Å². The number of anilines is 1. The van der Waals surface area contributed by atoms with Crippen LogP contribution in [-0.4, -0.2) is 30.7 Å². The van der Waals surface area contributed by atoms with E-state index in [2.05, 4.69) is 14.8 Å². The molecule has 1 aliphatic heterocycles. The Kier molecular flexibility index (Phi) is 4.54. The maximum Gasteiger partial charge on any atom is 0.586 e. The molecule has 0 fully saturated rings. The molecule has 0 radical (unpaired) electrons. The van der Waals surface area contributed by atoms with Crippen LogP contribution >= 0.6 is 0 Å². The number of nitrogens with zero attached hydrogens (tertiary/aromatic N) is 1. The Morgan fingerprint density at radius 2 is 1.92 bits per heavy atom. The predicted octanol–water partition coefficient (Wildman–Crippen LogP) is 3.22. The van der Waals surface area contributed by atoms with Crippen molar-refractivity contribution in [2.45, 2.75) is 12.8 Å². The molecule has 0 unspecified atom stereocenters. The Morgan fingerprint density at radius 1 is 1.16 bits per heavy atom. The van der Waals surface area contributed by atoms with Crippen LogP contribution in [-0.2, 0) is 11.3 Å². The van der Waals surface area contributed by atoms with E-state index in [1.165, 1.54) is 30.3 Å². The summed E-state index contributed by atoms with van der Waals surface area (Å²) in [5, 5.41) is 2.59. The smallest absolute Gasteiger partial charge is 0.395 e. The van der Waals surface area contributed by atoms with E-state index in [1.807, 2.05) is 0 Å². The van der Waals surface area contributed by atoms with Crippen LogP contribution < -0.4 is 14.8 Å². The minimum atomic E-state index is -3.70. The number of hydrogen-bond acceptors (Lipinski definition) is 4. The summed E-state index contributed by atoms with van der Waals surface area (Å²) in [6, 6.07) is 10.1. The number of ether oxygens (including phenoxy) is 2. The number of nitrogens with one attached hydrogen (secondary N) is 1. The van der Waals surface area contributed by atoms with E-state index in [4.69, 9.17) is 0 Å². The van der Waals surface area contributed by atoms with Crippen LogP contribution in [0.2, 0.25) is 0 Å².